The lowest BCUT2D eigenvalue weighted by Gasteiger charge is -2.38. The average molecular weight is 866 g/mol. The van der Waals surface area contributed by atoms with E-state index in [1.165, 1.54) is 0 Å². The Bertz CT molecular complexity index is 3920. The second-order valence-electron chi connectivity index (χ2n) is 17.0. The van der Waals surface area contributed by atoms with Crippen molar-refractivity contribution in [1.82, 2.24) is 0 Å². The first-order valence-corrected chi connectivity index (χ1v) is 22.0. The van der Waals surface area contributed by atoms with Crippen molar-refractivity contribution >= 4 is 213 Å². The van der Waals surface area contributed by atoms with Crippen LogP contribution in [0.3, 0.4) is 0 Å². The highest BCUT2D eigenvalue weighted by molar-refractivity contribution is 6.65. The predicted molar refractivity (Wildman–Crippen MR) is 302 cm³/mol. The Morgan fingerprint density at radius 3 is 1.20 bits per heavy atom. The minimum atomic E-state index is -0.321. The van der Waals surface area contributed by atoms with Crippen molar-refractivity contribution in [2.45, 2.75) is 0 Å². The molecule has 0 aliphatic rings. The second-order valence-corrected chi connectivity index (χ2v) is 17.0. The summed E-state index contributed by atoms with van der Waals surface area (Å²) in [6, 6.07) is 39.5. The van der Waals surface area contributed by atoms with Crippen LogP contribution in [0.2, 0.25) is 0 Å². The maximum atomic E-state index is 7.20. The van der Waals surface area contributed by atoms with Gasteiger partial charge in [-0.3, -0.25) is 0 Å². The van der Waals surface area contributed by atoms with Gasteiger partial charge in [0, 0.05) is 50.2 Å². The van der Waals surface area contributed by atoms with Crippen molar-refractivity contribution in [1.29, 1.82) is 0 Å². The van der Waals surface area contributed by atoms with E-state index < -0.39 is 0 Å². The minimum absolute atomic E-state index is 0.000382. The van der Waals surface area contributed by atoms with E-state index in [1.807, 2.05) is 127 Å². The Morgan fingerprint density at radius 1 is 0.429 bits per heavy atom. The van der Waals surface area contributed by atoms with E-state index in [0.29, 0.717) is 66.7 Å². The Balaban J connectivity index is 1.16. The molecule has 0 amide bonds. The summed E-state index contributed by atoms with van der Waals surface area (Å²) in [7, 11) is 78.3. The molecular formula is C55H24B11NO3. The molecule has 3 aromatic heterocycles. The lowest BCUT2D eigenvalue weighted by Crippen LogP contribution is -2.52. The maximum Gasteiger partial charge on any atom is 0.136 e. The number of allylic oxidation sites excluding steroid dienone is 3. The summed E-state index contributed by atoms with van der Waals surface area (Å²) in [6.07, 6.45) is 6.03. The van der Waals surface area contributed by atoms with Crippen molar-refractivity contribution in [3.05, 3.63) is 149 Å². The Kier molecular flexibility index (Phi) is 11.2. The molecule has 8 aromatic carbocycles. The fourth-order valence-electron chi connectivity index (χ4n) is 9.93. The normalized spacial score (nSPS) is 12.6. The number of terminal acetylenes is 1. The third kappa shape index (κ3) is 6.85. The van der Waals surface area contributed by atoms with E-state index >= 15 is 0 Å². The largest absolute Gasteiger partial charge is 0.456 e. The van der Waals surface area contributed by atoms with Gasteiger partial charge in [0.05, 0.1) is 0 Å². The van der Waals surface area contributed by atoms with E-state index in [1.54, 1.807) is 4.90 Å². The molecule has 0 aliphatic heterocycles. The summed E-state index contributed by atoms with van der Waals surface area (Å²) in [5.41, 5.74) is 7.20. The SMILES string of the molecule is [B]/C(CN(c1c([B])c([B])c(-c2cccc3oc4ccccc4c23)c([B])c1[B])c1c([B])c([B])c(-c2cccc3oc4ccccc4c23)c([B])c1[B])=C([B])/C(=C(/[B])C#C)c1cccc2oc3ccccc3c12. The fraction of sp³-hybridized carbons (Fsp3) is 0.0182. The number of rotatable bonds is 8. The molecule has 11 aromatic rings. The number of benzene rings is 8. The van der Waals surface area contributed by atoms with E-state index in [0.717, 1.165) is 26.9 Å². The average Bonchev–Trinajstić information content (AvgIpc) is 4.07. The van der Waals surface area contributed by atoms with Crippen LogP contribution in [0.25, 0.3) is 93.6 Å². The molecule has 70 heavy (non-hydrogen) atoms. The molecule has 300 valence electrons. The molecular weight excluding hydrogens is 842 g/mol. The highest BCUT2D eigenvalue weighted by Gasteiger charge is 2.28. The summed E-state index contributed by atoms with van der Waals surface area (Å²) in [5.74, 6) is 2.56. The van der Waals surface area contributed by atoms with E-state index in [-0.39, 0.29) is 83.6 Å². The number of furan rings is 3. The van der Waals surface area contributed by atoms with Gasteiger partial charge >= 0.3 is 0 Å². The molecule has 0 atom stereocenters. The minimum Gasteiger partial charge on any atom is -0.456 e. The van der Waals surface area contributed by atoms with Crippen molar-refractivity contribution in [2.24, 2.45) is 0 Å². The molecule has 0 aliphatic carbocycles. The van der Waals surface area contributed by atoms with Gasteiger partial charge in [0.15, 0.2) is 0 Å². The Hall–Kier alpha value is -7.29. The fourth-order valence-corrected chi connectivity index (χ4v) is 9.93. The summed E-state index contributed by atoms with van der Waals surface area (Å²) < 4.78 is 18.6. The van der Waals surface area contributed by atoms with E-state index in [4.69, 9.17) is 106 Å². The number of fused-ring (bicyclic) bond motifs is 9. The summed E-state index contributed by atoms with van der Waals surface area (Å²) >= 11 is 0. The molecule has 4 nitrogen and oxygen atoms in total. The van der Waals surface area contributed by atoms with Crippen molar-refractivity contribution in [3.8, 4) is 34.6 Å². The second kappa shape index (κ2) is 17.3. The van der Waals surface area contributed by atoms with Crippen LogP contribution in [0.15, 0.2) is 157 Å². The summed E-state index contributed by atoms with van der Waals surface area (Å²) in [6.45, 7) is -0.321. The van der Waals surface area contributed by atoms with Crippen LogP contribution in [0.1, 0.15) is 5.56 Å². The molecule has 0 fully saturated rings. The Labute approximate surface area is 419 Å². The molecule has 0 bridgehead atoms. The van der Waals surface area contributed by atoms with E-state index in [9.17, 15) is 0 Å². The first-order valence-electron chi connectivity index (χ1n) is 22.0. The van der Waals surface area contributed by atoms with Crippen LogP contribution in [0.4, 0.5) is 11.4 Å². The third-order valence-corrected chi connectivity index (χ3v) is 13.2. The van der Waals surface area contributed by atoms with E-state index in [2.05, 4.69) is 5.92 Å². The van der Waals surface area contributed by atoms with Gasteiger partial charge in [-0.05, 0) is 75.3 Å². The van der Waals surface area contributed by atoms with Gasteiger partial charge in [-0.25, -0.2) is 0 Å². The smallest absolute Gasteiger partial charge is 0.136 e. The van der Waals surface area contributed by atoms with Crippen molar-refractivity contribution in [2.75, 3.05) is 11.4 Å². The number of nitrogens with zero attached hydrogens (tertiary/aromatic N) is 1. The third-order valence-electron chi connectivity index (χ3n) is 13.2. The zero-order valence-electron chi connectivity index (χ0n) is 37.4. The van der Waals surface area contributed by atoms with Gasteiger partial charge < -0.3 is 18.2 Å². The van der Waals surface area contributed by atoms with Crippen LogP contribution in [0.5, 0.6) is 0 Å². The van der Waals surface area contributed by atoms with Gasteiger partial charge in [0.25, 0.3) is 0 Å². The zero-order valence-corrected chi connectivity index (χ0v) is 37.4. The Morgan fingerprint density at radius 2 is 0.786 bits per heavy atom. The topological polar surface area (TPSA) is 42.7 Å². The van der Waals surface area contributed by atoms with Gasteiger partial charge in [0.1, 0.15) is 120 Å². The standard InChI is InChI=1S/C55H24B11NO3/c1-2-31(56)42(28-15-9-21-36-39(28)25-12-3-6-18-33(25)68-36)45(58)32(57)24-67(54-50(63)46(59)43(47(60)51(54)64)29-16-10-22-37-40(29)26-13-4-7-19-34(26)69-37)55-52(65)48(61)44(49(62)53(55)66)30-17-11-23-38-41(30)27-14-5-8-20-35(27)70-38/h1,3-23H,24H2/b42-31+,45-32-. The molecule has 0 saturated heterocycles. The first-order chi connectivity index (χ1) is 33.8. The molecule has 0 saturated carbocycles. The van der Waals surface area contributed by atoms with Crippen LogP contribution in [-0.4, -0.2) is 92.9 Å². The number of anilines is 2. The van der Waals surface area contributed by atoms with Crippen molar-refractivity contribution < 1.29 is 13.3 Å². The molecule has 0 unspecified atom stereocenters. The van der Waals surface area contributed by atoms with Crippen LogP contribution in [-0.2, 0) is 0 Å². The predicted octanol–water partition coefficient (Wildman–Crippen LogP) is 3.97. The quantitative estimate of drug-likeness (QED) is 0.132. The van der Waals surface area contributed by atoms with Gasteiger partial charge in [-0.2, -0.15) is 0 Å². The molecule has 11 rings (SSSR count). The summed E-state index contributed by atoms with van der Waals surface area (Å²) in [4.78, 5) is 1.56. The van der Waals surface area contributed by atoms with Gasteiger partial charge in [0.2, 0.25) is 0 Å². The molecule has 3 heterocycles. The highest BCUT2D eigenvalue weighted by Crippen LogP contribution is 2.40. The zero-order chi connectivity index (χ0) is 48.9. The maximum absolute atomic E-state index is 7.20. The van der Waals surface area contributed by atoms with Crippen LogP contribution in [0, 0.1) is 12.3 Å². The molecule has 22 radical (unpaired) electrons. The number of para-hydroxylation sites is 3. The van der Waals surface area contributed by atoms with Crippen molar-refractivity contribution in [3.63, 3.8) is 0 Å². The lowest BCUT2D eigenvalue weighted by molar-refractivity contribution is 0.668. The number of hydrogen-bond acceptors (Lipinski definition) is 4. The van der Waals surface area contributed by atoms with Gasteiger partial charge in [-0.1, -0.05) is 146 Å². The highest BCUT2D eigenvalue weighted by atomic mass is 16.3. The molecule has 0 N–H and O–H groups in total. The van der Waals surface area contributed by atoms with Crippen LogP contribution >= 0.6 is 0 Å². The molecule has 15 heteroatoms. The van der Waals surface area contributed by atoms with Gasteiger partial charge in [-0.15, -0.1) is 11.9 Å². The monoisotopic (exact) mass is 867 g/mol. The molecule has 0 spiro atoms. The first kappa shape index (κ1) is 45.2. The van der Waals surface area contributed by atoms with Crippen LogP contribution < -0.4 is 48.6 Å². The lowest BCUT2D eigenvalue weighted by atomic mass is 9.62. The number of hydrogen-bond donors (Lipinski definition) is 0. The summed E-state index contributed by atoms with van der Waals surface area (Å²) in [5, 5.41) is 4.71.